The molecule has 1 aromatic rings. The predicted octanol–water partition coefficient (Wildman–Crippen LogP) is 2.71. The van der Waals surface area contributed by atoms with Gasteiger partial charge >= 0.3 is 0 Å². The molecule has 0 radical (unpaired) electrons. The quantitative estimate of drug-likeness (QED) is 0.655. The molecule has 0 saturated heterocycles. The first-order valence-electron chi connectivity index (χ1n) is 3.27. The summed E-state index contributed by atoms with van der Waals surface area (Å²) in [7, 11) is 1.34. The van der Waals surface area contributed by atoms with Gasteiger partial charge in [-0.05, 0) is 0 Å². The maximum atomic E-state index is 12.9. The standard InChI is InChI=1S/C8H7ClF2O/c1-12-5-2-7(10)6(4-9)8(11)3-5/h2-3H,4H2,1H3. The van der Waals surface area contributed by atoms with Crippen LogP contribution in [0.25, 0.3) is 0 Å². The molecule has 0 aliphatic carbocycles. The van der Waals surface area contributed by atoms with E-state index in [1.54, 1.807) is 0 Å². The Hall–Kier alpha value is -0.830. The highest BCUT2D eigenvalue weighted by Gasteiger charge is 2.09. The van der Waals surface area contributed by atoms with Crippen LogP contribution in [0.3, 0.4) is 0 Å². The van der Waals surface area contributed by atoms with Crippen LogP contribution in [-0.2, 0) is 5.88 Å². The number of halogens is 3. The third-order valence-corrected chi connectivity index (χ3v) is 1.75. The van der Waals surface area contributed by atoms with E-state index in [-0.39, 0.29) is 17.2 Å². The van der Waals surface area contributed by atoms with E-state index in [1.807, 2.05) is 0 Å². The summed E-state index contributed by atoms with van der Waals surface area (Å²) in [6.07, 6.45) is 0. The van der Waals surface area contributed by atoms with Crippen LogP contribution in [0.5, 0.6) is 5.75 Å². The molecule has 0 unspecified atom stereocenters. The minimum Gasteiger partial charge on any atom is -0.497 e. The van der Waals surface area contributed by atoms with Gasteiger partial charge < -0.3 is 4.74 Å². The highest BCUT2D eigenvalue weighted by Crippen LogP contribution is 2.21. The Kier molecular flexibility index (Phi) is 2.87. The molecule has 0 saturated carbocycles. The summed E-state index contributed by atoms with van der Waals surface area (Å²) >= 11 is 5.31. The zero-order chi connectivity index (χ0) is 9.14. The Morgan fingerprint density at radius 1 is 1.33 bits per heavy atom. The Labute approximate surface area is 73.9 Å². The van der Waals surface area contributed by atoms with Crippen LogP contribution in [-0.4, -0.2) is 7.11 Å². The molecule has 4 heteroatoms. The number of benzene rings is 1. The summed E-state index contributed by atoms with van der Waals surface area (Å²) in [6, 6.07) is 2.20. The van der Waals surface area contributed by atoms with Crippen molar-refractivity contribution in [3.63, 3.8) is 0 Å². The maximum absolute atomic E-state index is 12.9. The first kappa shape index (κ1) is 9.26. The molecule has 0 fully saturated rings. The molecule has 0 aliphatic rings. The van der Waals surface area contributed by atoms with Crippen LogP contribution >= 0.6 is 11.6 Å². The molecule has 0 N–H and O–H groups in total. The lowest BCUT2D eigenvalue weighted by atomic mass is 10.2. The summed E-state index contributed by atoms with van der Waals surface area (Å²) < 4.78 is 30.4. The number of methoxy groups -OCH3 is 1. The Bertz CT molecular complexity index is 265. The number of hydrogen-bond acceptors (Lipinski definition) is 1. The van der Waals surface area contributed by atoms with Crippen LogP contribution in [0.4, 0.5) is 8.78 Å². The lowest BCUT2D eigenvalue weighted by Crippen LogP contribution is -1.94. The van der Waals surface area contributed by atoms with Crippen molar-refractivity contribution in [3.8, 4) is 5.75 Å². The van der Waals surface area contributed by atoms with Crippen molar-refractivity contribution in [1.29, 1.82) is 0 Å². The maximum Gasteiger partial charge on any atom is 0.134 e. The van der Waals surface area contributed by atoms with Crippen LogP contribution in [0.1, 0.15) is 5.56 Å². The van der Waals surface area contributed by atoms with Gasteiger partial charge in [-0.1, -0.05) is 0 Å². The first-order chi connectivity index (χ1) is 5.69. The molecule has 0 bridgehead atoms. The van der Waals surface area contributed by atoms with Gasteiger partial charge in [0, 0.05) is 17.7 Å². The average molecular weight is 193 g/mol. The number of alkyl halides is 1. The van der Waals surface area contributed by atoms with Gasteiger partial charge in [0.1, 0.15) is 17.4 Å². The van der Waals surface area contributed by atoms with Gasteiger partial charge in [-0.15, -0.1) is 11.6 Å². The van der Waals surface area contributed by atoms with Gasteiger partial charge in [-0.2, -0.15) is 0 Å². The summed E-state index contributed by atoms with van der Waals surface area (Å²) in [6.45, 7) is 0. The Balaban J connectivity index is 3.18. The van der Waals surface area contributed by atoms with Gasteiger partial charge in [0.2, 0.25) is 0 Å². The highest BCUT2D eigenvalue weighted by molar-refractivity contribution is 6.17. The second-order valence-corrected chi connectivity index (χ2v) is 2.47. The third-order valence-electron chi connectivity index (χ3n) is 1.48. The molecule has 0 spiro atoms. The molecule has 0 aliphatic heterocycles. The van der Waals surface area contributed by atoms with E-state index in [4.69, 9.17) is 11.6 Å². The van der Waals surface area contributed by atoms with Gasteiger partial charge in [0.15, 0.2) is 0 Å². The largest absolute Gasteiger partial charge is 0.497 e. The molecule has 1 rings (SSSR count). The average Bonchev–Trinajstić information content (AvgIpc) is 2.03. The van der Waals surface area contributed by atoms with E-state index in [9.17, 15) is 8.78 Å². The fourth-order valence-electron chi connectivity index (χ4n) is 0.825. The molecule has 12 heavy (non-hydrogen) atoms. The van der Waals surface area contributed by atoms with Gasteiger partial charge in [-0.25, -0.2) is 8.78 Å². The molecule has 0 atom stereocenters. The monoisotopic (exact) mass is 192 g/mol. The normalized spacial score (nSPS) is 10.0. The molecule has 0 amide bonds. The minimum atomic E-state index is -0.679. The van der Waals surface area contributed by atoms with Crippen molar-refractivity contribution >= 4 is 11.6 Å². The van der Waals surface area contributed by atoms with E-state index in [1.165, 1.54) is 7.11 Å². The lowest BCUT2D eigenvalue weighted by molar-refractivity contribution is 0.405. The van der Waals surface area contributed by atoms with Crippen LogP contribution in [0.15, 0.2) is 12.1 Å². The first-order valence-corrected chi connectivity index (χ1v) is 3.80. The number of rotatable bonds is 2. The van der Waals surface area contributed by atoms with Crippen LogP contribution < -0.4 is 4.74 Å². The minimum absolute atomic E-state index is 0.127. The molecule has 0 aromatic heterocycles. The second-order valence-electron chi connectivity index (χ2n) is 2.20. The van der Waals surface area contributed by atoms with E-state index in [0.717, 1.165) is 12.1 Å². The number of hydrogen-bond donors (Lipinski definition) is 0. The van der Waals surface area contributed by atoms with Crippen LogP contribution in [0, 0.1) is 11.6 Å². The van der Waals surface area contributed by atoms with E-state index in [0.29, 0.717) is 0 Å². The summed E-state index contributed by atoms with van der Waals surface area (Å²) in [5.74, 6) is -1.38. The summed E-state index contributed by atoms with van der Waals surface area (Å²) in [5.41, 5.74) is -0.127. The molecule has 0 heterocycles. The smallest absolute Gasteiger partial charge is 0.134 e. The highest BCUT2D eigenvalue weighted by atomic mass is 35.5. The SMILES string of the molecule is COc1cc(F)c(CCl)c(F)c1. The topological polar surface area (TPSA) is 9.23 Å². The zero-order valence-electron chi connectivity index (χ0n) is 6.40. The molecule has 66 valence electrons. The summed E-state index contributed by atoms with van der Waals surface area (Å²) in [5, 5.41) is 0. The molecular weight excluding hydrogens is 186 g/mol. The van der Waals surface area contributed by atoms with Gasteiger partial charge in [0.25, 0.3) is 0 Å². The van der Waals surface area contributed by atoms with Crippen molar-refractivity contribution < 1.29 is 13.5 Å². The van der Waals surface area contributed by atoms with E-state index >= 15 is 0 Å². The second kappa shape index (κ2) is 3.72. The van der Waals surface area contributed by atoms with Crippen molar-refractivity contribution in [2.45, 2.75) is 5.88 Å². The van der Waals surface area contributed by atoms with Crippen molar-refractivity contribution in [1.82, 2.24) is 0 Å². The Morgan fingerprint density at radius 2 is 1.83 bits per heavy atom. The third kappa shape index (κ3) is 1.67. The van der Waals surface area contributed by atoms with Crippen molar-refractivity contribution in [2.75, 3.05) is 7.11 Å². The van der Waals surface area contributed by atoms with Gasteiger partial charge in [-0.3, -0.25) is 0 Å². The van der Waals surface area contributed by atoms with E-state index in [2.05, 4.69) is 4.74 Å². The predicted molar refractivity (Wildman–Crippen MR) is 42.5 cm³/mol. The fraction of sp³-hybridized carbons (Fsp3) is 0.250. The van der Waals surface area contributed by atoms with Gasteiger partial charge in [0.05, 0.1) is 13.0 Å². The molecule has 1 nitrogen and oxygen atoms in total. The summed E-state index contributed by atoms with van der Waals surface area (Å²) in [4.78, 5) is 0. The number of ether oxygens (including phenoxy) is 1. The zero-order valence-corrected chi connectivity index (χ0v) is 7.16. The molecule has 1 aromatic carbocycles. The van der Waals surface area contributed by atoms with Crippen LogP contribution in [0.2, 0.25) is 0 Å². The lowest BCUT2D eigenvalue weighted by Gasteiger charge is -2.03. The molecular formula is C8H7ClF2O. The van der Waals surface area contributed by atoms with Crippen molar-refractivity contribution in [3.05, 3.63) is 29.3 Å². The Morgan fingerprint density at radius 3 is 2.17 bits per heavy atom. The van der Waals surface area contributed by atoms with E-state index < -0.39 is 11.6 Å². The van der Waals surface area contributed by atoms with Crippen molar-refractivity contribution in [2.24, 2.45) is 0 Å². The fourth-order valence-corrected chi connectivity index (χ4v) is 1.08.